The Hall–Kier alpha value is -1.67. The number of nitrogens with zero attached hydrogens (tertiary/aromatic N) is 2. The second-order valence-corrected chi connectivity index (χ2v) is 6.32. The van der Waals surface area contributed by atoms with E-state index in [1.165, 1.54) is 17.5 Å². The smallest absolute Gasteiger partial charge is 0.283 e. The van der Waals surface area contributed by atoms with Crippen molar-refractivity contribution in [1.29, 1.82) is 0 Å². The molecular formula is C10H12N4O2S2. The largest absolute Gasteiger partial charge is 0.386 e. The first-order chi connectivity index (χ1) is 8.53. The first-order valence-electron chi connectivity index (χ1n) is 5.11. The normalized spacial score (nSPS) is 11.2. The van der Waals surface area contributed by atoms with E-state index in [0.717, 1.165) is 4.88 Å². The van der Waals surface area contributed by atoms with Crippen LogP contribution in [0.1, 0.15) is 4.88 Å². The van der Waals surface area contributed by atoms with Crippen molar-refractivity contribution in [3.63, 3.8) is 0 Å². The molecular weight excluding hydrogens is 272 g/mol. The molecule has 2 heterocycles. The first kappa shape index (κ1) is 12.8. The Bertz CT molecular complexity index is 651. The summed E-state index contributed by atoms with van der Waals surface area (Å²) in [6.07, 6.45) is 3.04. The summed E-state index contributed by atoms with van der Waals surface area (Å²) in [6, 6.07) is 3.31. The lowest BCUT2D eigenvalue weighted by Gasteiger charge is -2.08. The maximum Gasteiger partial charge on any atom is 0.283 e. The van der Waals surface area contributed by atoms with Crippen LogP contribution >= 0.6 is 11.3 Å². The SMILES string of the molecule is CNc1cccnc1S(=O)(=O)Nc1ncc(C)s1. The van der Waals surface area contributed by atoms with Gasteiger partial charge >= 0.3 is 0 Å². The van der Waals surface area contributed by atoms with Crippen LogP contribution in [0.15, 0.2) is 29.6 Å². The maximum atomic E-state index is 12.1. The highest BCUT2D eigenvalue weighted by atomic mass is 32.2. The maximum absolute atomic E-state index is 12.1. The lowest BCUT2D eigenvalue weighted by Crippen LogP contribution is -2.16. The fourth-order valence-electron chi connectivity index (χ4n) is 1.36. The molecule has 0 spiro atoms. The minimum atomic E-state index is -3.72. The molecule has 0 aromatic carbocycles. The van der Waals surface area contributed by atoms with Crippen LogP contribution in [0.4, 0.5) is 10.8 Å². The van der Waals surface area contributed by atoms with Crippen molar-refractivity contribution in [2.75, 3.05) is 17.1 Å². The van der Waals surface area contributed by atoms with Crippen LogP contribution in [0.25, 0.3) is 0 Å². The van der Waals surface area contributed by atoms with Crippen molar-refractivity contribution in [3.8, 4) is 0 Å². The third-order valence-corrected chi connectivity index (χ3v) is 4.39. The molecule has 18 heavy (non-hydrogen) atoms. The van der Waals surface area contributed by atoms with Gasteiger partial charge in [0.05, 0.1) is 5.69 Å². The zero-order valence-electron chi connectivity index (χ0n) is 9.84. The van der Waals surface area contributed by atoms with Gasteiger partial charge in [0.25, 0.3) is 10.0 Å². The van der Waals surface area contributed by atoms with Crippen molar-refractivity contribution in [2.45, 2.75) is 11.9 Å². The summed E-state index contributed by atoms with van der Waals surface area (Å²) in [5.41, 5.74) is 0.443. The van der Waals surface area contributed by atoms with Crippen molar-refractivity contribution in [2.24, 2.45) is 0 Å². The summed E-state index contributed by atoms with van der Waals surface area (Å²) in [5, 5.41) is 3.09. The van der Waals surface area contributed by atoms with Crippen molar-refractivity contribution >= 4 is 32.2 Å². The molecule has 0 aliphatic rings. The minimum Gasteiger partial charge on any atom is -0.386 e. The van der Waals surface area contributed by atoms with Gasteiger partial charge in [-0.15, -0.1) is 11.3 Å². The number of nitrogens with one attached hydrogen (secondary N) is 2. The summed E-state index contributed by atoms with van der Waals surface area (Å²) in [5.74, 6) is 0. The highest BCUT2D eigenvalue weighted by molar-refractivity contribution is 7.93. The summed E-state index contributed by atoms with van der Waals surface area (Å²) < 4.78 is 26.7. The van der Waals surface area contributed by atoms with Crippen LogP contribution in [0.3, 0.4) is 0 Å². The number of pyridine rings is 1. The number of aryl methyl sites for hydroxylation is 1. The van der Waals surface area contributed by atoms with Crippen LogP contribution in [0.5, 0.6) is 0 Å². The van der Waals surface area contributed by atoms with E-state index in [1.807, 2.05) is 6.92 Å². The van der Waals surface area contributed by atoms with Gasteiger partial charge in [0, 0.05) is 24.3 Å². The Morgan fingerprint density at radius 1 is 1.33 bits per heavy atom. The zero-order valence-corrected chi connectivity index (χ0v) is 11.5. The predicted octanol–water partition coefficient (Wildman–Crippen LogP) is 1.69. The molecule has 2 N–H and O–H groups in total. The van der Waals surface area contributed by atoms with Crippen molar-refractivity contribution in [1.82, 2.24) is 9.97 Å². The zero-order chi connectivity index (χ0) is 13.2. The molecule has 96 valence electrons. The first-order valence-corrected chi connectivity index (χ1v) is 7.41. The number of rotatable bonds is 4. The number of thiazole rings is 1. The van der Waals surface area contributed by atoms with E-state index in [1.54, 1.807) is 25.4 Å². The third kappa shape index (κ3) is 2.59. The molecule has 0 fully saturated rings. The lowest BCUT2D eigenvalue weighted by molar-refractivity contribution is 0.598. The van der Waals surface area contributed by atoms with E-state index < -0.39 is 10.0 Å². The molecule has 0 radical (unpaired) electrons. The molecule has 0 saturated heterocycles. The lowest BCUT2D eigenvalue weighted by atomic mass is 10.4. The van der Waals surface area contributed by atoms with Gasteiger partial charge in [-0.25, -0.2) is 9.97 Å². The van der Waals surface area contributed by atoms with Crippen LogP contribution < -0.4 is 10.0 Å². The summed E-state index contributed by atoms with van der Waals surface area (Å²) in [4.78, 5) is 8.78. The van der Waals surface area contributed by atoms with Gasteiger partial charge in [-0.05, 0) is 19.1 Å². The second kappa shape index (κ2) is 4.91. The molecule has 0 saturated carbocycles. The minimum absolute atomic E-state index is 0.0413. The molecule has 0 amide bonds. The Morgan fingerprint density at radius 2 is 2.11 bits per heavy atom. The Kier molecular flexibility index (Phi) is 3.48. The molecule has 2 rings (SSSR count). The number of anilines is 2. The molecule has 2 aromatic rings. The van der Waals surface area contributed by atoms with Gasteiger partial charge in [0.15, 0.2) is 10.2 Å². The van der Waals surface area contributed by atoms with Crippen LogP contribution in [-0.4, -0.2) is 25.4 Å². The highest BCUT2D eigenvalue weighted by Gasteiger charge is 2.20. The Labute approximate surface area is 109 Å². The van der Waals surface area contributed by atoms with Crippen LogP contribution in [-0.2, 0) is 10.0 Å². The molecule has 0 aliphatic heterocycles. The molecule has 8 heteroatoms. The molecule has 2 aromatic heterocycles. The number of aromatic nitrogens is 2. The standard InChI is InChI=1S/C10H12N4O2S2/c1-7-6-13-10(17-7)14-18(15,16)9-8(11-2)4-3-5-12-9/h3-6,11H,1-2H3,(H,13,14). The van der Waals surface area contributed by atoms with E-state index in [9.17, 15) is 8.42 Å². The van der Waals surface area contributed by atoms with Gasteiger partial charge in [0.1, 0.15) is 0 Å². The van der Waals surface area contributed by atoms with Gasteiger partial charge in [-0.2, -0.15) is 8.42 Å². The van der Waals surface area contributed by atoms with Gasteiger partial charge < -0.3 is 5.32 Å². The van der Waals surface area contributed by atoms with Crippen molar-refractivity contribution in [3.05, 3.63) is 29.4 Å². The molecule has 0 bridgehead atoms. The van der Waals surface area contributed by atoms with E-state index in [-0.39, 0.29) is 5.03 Å². The summed E-state index contributed by atoms with van der Waals surface area (Å²) in [7, 11) is -2.08. The number of hydrogen-bond donors (Lipinski definition) is 2. The molecule has 0 atom stereocenters. The van der Waals surface area contributed by atoms with E-state index in [4.69, 9.17) is 0 Å². The van der Waals surface area contributed by atoms with E-state index in [0.29, 0.717) is 10.8 Å². The molecule has 0 aliphatic carbocycles. The third-order valence-electron chi connectivity index (χ3n) is 2.14. The van der Waals surface area contributed by atoms with Gasteiger partial charge in [-0.1, -0.05) is 0 Å². The fraction of sp³-hybridized carbons (Fsp3) is 0.200. The predicted molar refractivity (Wildman–Crippen MR) is 71.4 cm³/mol. The average Bonchev–Trinajstić information content (AvgIpc) is 2.74. The Morgan fingerprint density at radius 3 is 2.72 bits per heavy atom. The van der Waals surface area contributed by atoms with E-state index in [2.05, 4.69) is 20.0 Å². The van der Waals surface area contributed by atoms with Crippen LogP contribution in [0, 0.1) is 6.92 Å². The van der Waals surface area contributed by atoms with E-state index >= 15 is 0 Å². The molecule has 6 nitrogen and oxygen atoms in total. The van der Waals surface area contributed by atoms with Crippen LogP contribution in [0.2, 0.25) is 0 Å². The van der Waals surface area contributed by atoms with Gasteiger partial charge in [0.2, 0.25) is 0 Å². The van der Waals surface area contributed by atoms with Crippen molar-refractivity contribution < 1.29 is 8.42 Å². The second-order valence-electron chi connectivity index (χ2n) is 3.49. The topological polar surface area (TPSA) is 84.0 Å². The number of sulfonamides is 1. The quantitative estimate of drug-likeness (QED) is 0.892. The summed E-state index contributed by atoms with van der Waals surface area (Å²) in [6.45, 7) is 1.86. The summed E-state index contributed by atoms with van der Waals surface area (Å²) >= 11 is 1.27. The fourth-order valence-corrected chi connectivity index (χ4v) is 3.41. The monoisotopic (exact) mass is 284 g/mol. The van der Waals surface area contributed by atoms with Gasteiger partial charge in [-0.3, -0.25) is 4.72 Å². The Balaban J connectivity index is 2.36. The molecule has 0 unspecified atom stereocenters. The highest BCUT2D eigenvalue weighted by Crippen LogP contribution is 2.23. The average molecular weight is 284 g/mol. The number of hydrogen-bond acceptors (Lipinski definition) is 6.